The molecule has 0 saturated carbocycles. The van der Waals surface area contributed by atoms with E-state index in [0.717, 1.165) is 33.5 Å². The first-order valence-electron chi connectivity index (χ1n) is 8.25. The lowest BCUT2D eigenvalue weighted by atomic mass is 10.1. The van der Waals surface area contributed by atoms with Gasteiger partial charge in [-0.2, -0.15) is 5.26 Å². The van der Waals surface area contributed by atoms with E-state index in [1.54, 1.807) is 12.1 Å². The first-order chi connectivity index (χ1) is 12.8. The van der Waals surface area contributed by atoms with Gasteiger partial charge in [-0.1, -0.05) is 58.4 Å². The van der Waals surface area contributed by atoms with E-state index >= 15 is 0 Å². The molecule has 0 unspecified atom stereocenters. The summed E-state index contributed by atoms with van der Waals surface area (Å²) in [5.41, 5.74) is 3.87. The Labute approximate surface area is 161 Å². The highest BCUT2D eigenvalue weighted by Gasteiger charge is 2.04. The summed E-state index contributed by atoms with van der Waals surface area (Å²) >= 11 is 3.49. The number of hydrogen-bond donors (Lipinski definition) is 0. The highest BCUT2D eigenvalue weighted by molar-refractivity contribution is 9.08. The van der Waals surface area contributed by atoms with Crippen molar-refractivity contribution < 1.29 is 9.47 Å². The van der Waals surface area contributed by atoms with E-state index in [1.807, 2.05) is 60.7 Å². The fourth-order valence-corrected chi connectivity index (χ4v) is 2.78. The lowest BCUT2D eigenvalue weighted by Gasteiger charge is -2.12. The molecule has 26 heavy (non-hydrogen) atoms. The van der Waals surface area contributed by atoms with Gasteiger partial charge in [-0.3, -0.25) is 0 Å². The van der Waals surface area contributed by atoms with Gasteiger partial charge in [-0.05, 0) is 41.0 Å². The molecule has 3 rings (SSSR count). The molecular weight excluding hydrogens is 390 g/mol. The normalized spacial score (nSPS) is 10.2. The van der Waals surface area contributed by atoms with E-state index in [9.17, 15) is 0 Å². The summed E-state index contributed by atoms with van der Waals surface area (Å²) in [5.74, 6) is 1.54. The number of benzene rings is 3. The molecular formula is C22H18BrNO2. The van der Waals surface area contributed by atoms with Gasteiger partial charge in [-0.25, -0.2) is 0 Å². The van der Waals surface area contributed by atoms with Crippen LogP contribution in [-0.2, 0) is 18.5 Å². The molecule has 0 aliphatic heterocycles. The molecule has 0 heterocycles. The van der Waals surface area contributed by atoms with Gasteiger partial charge in [0.1, 0.15) is 24.7 Å². The van der Waals surface area contributed by atoms with E-state index < -0.39 is 0 Å². The van der Waals surface area contributed by atoms with Crippen LogP contribution in [0.5, 0.6) is 11.5 Å². The van der Waals surface area contributed by atoms with Crippen molar-refractivity contribution in [2.24, 2.45) is 0 Å². The van der Waals surface area contributed by atoms with Gasteiger partial charge in [-0.15, -0.1) is 0 Å². The van der Waals surface area contributed by atoms with E-state index in [2.05, 4.69) is 22.0 Å². The topological polar surface area (TPSA) is 42.2 Å². The second-order valence-electron chi connectivity index (χ2n) is 5.82. The Morgan fingerprint density at radius 1 is 0.731 bits per heavy atom. The van der Waals surface area contributed by atoms with Crippen molar-refractivity contribution in [3.05, 3.63) is 95.1 Å². The second-order valence-corrected chi connectivity index (χ2v) is 6.38. The number of nitriles is 1. The number of hydrogen-bond acceptors (Lipinski definition) is 3. The molecule has 0 radical (unpaired) electrons. The summed E-state index contributed by atoms with van der Waals surface area (Å²) in [6, 6.07) is 25.5. The molecule has 0 aliphatic carbocycles. The van der Waals surface area contributed by atoms with Gasteiger partial charge in [0.2, 0.25) is 0 Å². The zero-order valence-corrected chi connectivity index (χ0v) is 15.8. The van der Waals surface area contributed by atoms with E-state index in [-0.39, 0.29) is 0 Å². The molecule has 0 N–H and O–H groups in total. The van der Waals surface area contributed by atoms with Crippen LogP contribution in [0.4, 0.5) is 0 Å². The Morgan fingerprint density at radius 3 is 1.85 bits per heavy atom. The molecule has 4 heteroatoms. The molecule has 3 aromatic rings. The van der Waals surface area contributed by atoms with Crippen LogP contribution in [0, 0.1) is 11.3 Å². The maximum atomic E-state index is 8.86. The van der Waals surface area contributed by atoms with Crippen molar-refractivity contribution in [1.82, 2.24) is 0 Å². The summed E-state index contributed by atoms with van der Waals surface area (Å²) in [6.45, 7) is 0.956. The van der Waals surface area contributed by atoms with Crippen LogP contribution in [0.3, 0.4) is 0 Å². The monoisotopic (exact) mass is 407 g/mol. The van der Waals surface area contributed by atoms with Crippen molar-refractivity contribution in [3.8, 4) is 17.6 Å². The van der Waals surface area contributed by atoms with Crippen LogP contribution >= 0.6 is 15.9 Å². The van der Waals surface area contributed by atoms with E-state index in [0.29, 0.717) is 18.8 Å². The summed E-state index contributed by atoms with van der Waals surface area (Å²) in [4.78, 5) is 0. The maximum Gasteiger partial charge on any atom is 0.123 e. The fraction of sp³-hybridized carbons (Fsp3) is 0.136. The minimum absolute atomic E-state index is 0.440. The lowest BCUT2D eigenvalue weighted by Crippen LogP contribution is -1.99. The van der Waals surface area contributed by atoms with Crippen LogP contribution in [0.2, 0.25) is 0 Å². The van der Waals surface area contributed by atoms with Crippen molar-refractivity contribution in [2.45, 2.75) is 18.5 Å². The van der Waals surface area contributed by atoms with Gasteiger partial charge in [0.05, 0.1) is 11.6 Å². The number of nitrogens with zero attached hydrogens (tertiary/aromatic N) is 1. The van der Waals surface area contributed by atoms with Crippen LogP contribution in [0.25, 0.3) is 0 Å². The maximum absolute atomic E-state index is 8.86. The third-order valence-electron chi connectivity index (χ3n) is 3.83. The molecule has 0 bridgehead atoms. The Kier molecular flexibility index (Phi) is 6.29. The minimum atomic E-state index is 0.440. The fourth-order valence-electron chi connectivity index (χ4n) is 2.46. The van der Waals surface area contributed by atoms with E-state index in [4.69, 9.17) is 14.7 Å². The van der Waals surface area contributed by atoms with Crippen molar-refractivity contribution in [2.75, 3.05) is 0 Å². The van der Waals surface area contributed by atoms with Crippen LogP contribution in [0.15, 0.2) is 72.8 Å². The minimum Gasteiger partial charge on any atom is -0.489 e. The summed E-state index contributed by atoms with van der Waals surface area (Å²) in [7, 11) is 0. The molecule has 3 nitrogen and oxygen atoms in total. The van der Waals surface area contributed by atoms with Crippen molar-refractivity contribution >= 4 is 15.9 Å². The Morgan fingerprint density at radius 2 is 1.31 bits per heavy atom. The first-order valence-corrected chi connectivity index (χ1v) is 9.37. The quantitative estimate of drug-likeness (QED) is 0.477. The molecule has 0 atom stereocenters. The molecule has 0 saturated heterocycles. The molecule has 0 aliphatic rings. The van der Waals surface area contributed by atoms with E-state index in [1.165, 1.54) is 0 Å². The van der Waals surface area contributed by atoms with Gasteiger partial charge in [0.25, 0.3) is 0 Å². The summed E-state index contributed by atoms with van der Waals surface area (Å²) < 4.78 is 11.8. The Hall–Kier alpha value is -2.77. The van der Waals surface area contributed by atoms with Gasteiger partial charge in [0.15, 0.2) is 0 Å². The Bertz CT molecular complexity index is 886. The Balaban J connectivity index is 1.67. The summed E-state index contributed by atoms with van der Waals surface area (Å²) in [5, 5.41) is 9.58. The number of alkyl halides is 1. The zero-order valence-electron chi connectivity index (χ0n) is 14.2. The molecule has 0 fully saturated rings. The van der Waals surface area contributed by atoms with Crippen LogP contribution in [-0.4, -0.2) is 0 Å². The van der Waals surface area contributed by atoms with Gasteiger partial charge in [0, 0.05) is 11.4 Å². The smallest absolute Gasteiger partial charge is 0.123 e. The van der Waals surface area contributed by atoms with Crippen molar-refractivity contribution in [3.63, 3.8) is 0 Å². The number of ether oxygens (including phenoxy) is 2. The largest absolute Gasteiger partial charge is 0.489 e. The highest BCUT2D eigenvalue weighted by atomic mass is 79.9. The molecule has 0 amide bonds. The summed E-state index contributed by atoms with van der Waals surface area (Å²) in [6.07, 6.45) is 0. The van der Waals surface area contributed by atoms with Gasteiger partial charge >= 0.3 is 0 Å². The molecule has 0 spiro atoms. The molecule has 130 valence electrons. The molecule has 0 aromatic heterocycles. The number of rotatable bonds is 7. The SMILES string of the molecule is N#Cc1ccc(COc2cc(CBr)cc(OCc3ccccc3)c2)cc1. The average molecular weight is 408 g/mol. The standard InChI is InChI=1S/C22H18BrNO2/c23-13-20-10-21(25-15-18-4-2-1-3-5-18)12-22(11-20)26-16-19-8-6-17(14-24)7-9-19/h1-12H,13,15-16H2. The van der Waals surface area contributed by atoms with Crippen LogP contribution < -0.4 is 9.47 Å². The predicted octanol–water partition coefficient (Wildman–Crippen LogP) is 5.61. The highest BCUT2D eigenvalue weighted by Crippen LogP contribution is 2.26. The average Bonchev–Trinajstić information content (AvgIpc) is 2.71. The first kappa shape index (κ1) is 18.0. The number of halogens is 1. The molecule has 3 aromatic carbocycles. The third kappa shape index (κ3) is 5.11. The lowest BCUT2D eigenvalue weighted by molar-refractivity contribution is 0.289. The zero-order chi connectivity index (χ0) is 18.2. The van der Waals surface area contributed by atoms with Crippen molar-refractivity contribution in [1.29, 1.82) is 5.26 Å². The van der Waals surface area contributed by atoms with Crippen LogP contribution in [0.1, 0.15) is 22.3 Å². The third-order valence-corrected chi connectivity index (χ3v) is 4.48. The van der Waals surface area contributed by atoms with Gasteiger partial charge < -0.3 is 9.47 Å². The second kappa shape index (κ2) is 9.07. The predicted molar refractivity (Wildman–Crippen MR) is 105 cm³/mol.